The standard InChI is InChI=1S/C12H18N4O2/c1-15-7-9(13)5-10(15)12(18)16-4-2-3-8(6-16)11(14)17/h5,7-8H,2-4,6,13H2,1H3,(H2,14,17). The number of piperidine rings is 1. The van der Waals surface area contributed by atoms with Crippen LogP contribution in [0.1, 0.15) is 23.3 Å². The van der Waals surface area contributed by atoms with E-state index in [1.807, 2.05) is 0 Å². The highest BCUT2D eigenvalue weighted by Gasteiger charge is 2.28. The summed E-state index contributed by atoms with van der Waals surface area (Å²) in [7, 11) is 1.78. The Bertz CT molecular complexity index is 480. The number of hydrogen-bond donors (Lipinski definition) is 2. The number of aromatic nitrogens is 1. The molecule has 98 valence electrons. The van der Waals surface area contributed by atoms with Gasteiger partial charge in [-0.05, 0) is 18.9 Å². The van der Waals surface area contributed by atoms with Gasteiger partial charge in [-0.2, -0.15) is 0 Å². The first-order valence-electron chi connectivity index (χ1n) is 5.99. The molecule has 6 nitrogen and oxygen atoms in total. The van der Waals surface area contributed by atoms with E-state index in [4.69, 9.17) is 11.5 Å². The second-order valence-corrected chi connectivity index (χ2v) is 4.76. The molecule has 2 amide bonds. The topological polar surface area (TPSA) is 94.3 Å². The summed E-state index contributed by atoms with van der Waals surface area (Å²) in [6, 6.07) is 1.65. The Hall–Kier alpha value is -1.98. The number of hydrogen-bond acceptors (Lipinski definition) is 3. The van der Waals surface area contributed by atoms with Gasteiger partial charge < -0.3 is 20.9 Å². The number of primary amides is 1. The van der Waals surface area contributed by atoms with Crippen molar-refractivity contribution >= 4 is 17.5 Å². The van der Waals surface area contributed by atoms with Crippen LogP contribution in [0.5, 0.6) is 0 Å². The van der Waals surface area contributed by atoms with E-state index in [9.17, 15) is 9.59 Å². The van der Waals surface area contributed by atoms with Gasteiger partial charge in [0.15, 0.2) is 0 Å². The number of amides is 2. The quantitative estimate of drug-likeness (QED) is 0.770. The van der Waals surface area contributed by atoms with Crippen LogP contribution in [-0.4, -0.2) is 34.4 Å². The predicted molar refractivity (Wildman–Crippen MR) is 67.6 cm³/mol. The zero-order valence-corrected chi connectivity index (χ0v) is 10.4. The summed E-state index contributed by atoms with van der Waals surface area (Å²) in [6.07, 6.45) is 3.26. The fraction of sp³-hybridized carbons (Fsp3) is 0.500. The second-order valence-electron chi connectivity index (χ2n) is 4.76. The Labute approximate surface area is 106 Å². The van der Waals surface area contributed by atoms with E-state index < -0.39 is 0 Å². The van der Waals surface area contributed by atoms with Crippen LogP contribution in [-0.2, 0) is 11.8 Å². The molecule has 4 N–H and O–H groups in total. The molecule has 1 aliphatic rings. The van der Waals surface area contributed by atoms with E-state index in [0.717, 1.165) is 12.8 Å². The minimum Gasteiger partial charge on any atom is -0.397 e. The molecule has 0 aromatic carbocycles. The normalized spacial score (nSPS) is 19.8. The van der Waals surface area contributed by atoms with Crippen LogP contribution in [0.3, 0.4) is 0 Å². The van der Waals surface area contributed by atoms with Gasteiger partial charge in [0.1, 0.15) is 5.69 Å². The van der Waals surface area contributed by atoms with Crippen molar-refractivity contribution in [1.82, 2.24) is 9.47 Å². The van der Waals surface area contributed by atoms with Crippen LogP contribution in [0, 0.1) is 5.92 Å². The van der Waals surface area contributed by atoms with Crippen molar-refractivity contribution in [3.63, 3.8) is 0 Å². The van der Waals surface area contributed by atoms with E-state index in [0.29, 0.717) is 24.5 Å². The molecule has 0 spiro atoms. The first-order valence-corrected chi connectivity index (χ1v) is 5.99. The smallest absolute Gasteiger partial charge is 0.270 e. The lowest BCUT2D eigenvalue weighted by Crippen LogP contribution is -2.44. The number of rotatable bonds is 2. The van der Waals surface area contributed by atoms with Crippen LogP contribution in [0.2, 0.25) is 0 Å². The van der Waals surface area contributed by atoms with Crippen LogP contribution < -0.4 is 11.5 Å². The number of anilines is 1. The van der Waals surface area contributed by atoms with Crippen LogP contribution in [0.15, 0.2) is 12.3 Å². The molecule has 18 heavy (non-hydrogen) atoms. The molecule has 2 rings (SSSR count). The van der Waals surface area contributed by atoms with Gasteiger partial charge in [-0.3, -0.25) is 9.59 Å². The average molecular weight is 250 g/mol. The van der Waals surface area contributed by atoms with Crippen molar-refractivity contribution in [1.29, 1.82) is 0 Å². The van der Waals surface area contributed by atoms with Gasteiger partial charge in [0.25, 0.3) is 5.91 Å². The number of likely N-dealkylation sites (tertiary alicyclic amines) is 1. The van der Waals surface area contributed by atoms with Crippen molar-refractivity contribution in [2.24, 2.45) is 18.7 Å². The largest absolute Gasteiger partial charge is 0.397 e. The summed E-state index contributed by atoms with van der Waals surface area (Å²) in [5.41, 5.74) is 12.1. The molecule has 1 aromatic rings. The van der Waals surface area contributed by atoms with Crippen LogP contribution in [0.25, 0.3) is 0 Å². The zero-order valence-electron chi connectivity index (χ0n) is 10.4. The summed E-state index contributed by atoms with van der Waals surface area (Å²) >= 11 is 0. The lowest BCUT2D eigenvalue weighted by atomic mass is 9.97. The Balaban J connectivity index is 2.14. The fourth-order valence-corrected chi connectivity index (χ4v) is 2.36. The van der Waals surface area contributed by atoms with E-state index in [-0.39, 0.29) is 17.7 Å². The molecule has 0 saturated carbocycles. The molecule has 1 saturated heterocycles. The van der Waals surface area contributed by atoms with E-state index in [2.05, 4.69) is 0 Å². The highest BCUT2D eigenvalue weighted by Crippen LogP contribution is 2.19. The van der Waals surface area contributed by atoms with Crippen molar-refractivity contribution in [3.05, 3.63) is 18.0 Å². The lowest BCUT2D eigenvalue weighted by Gasteiger charge is -2.31. The van der Waals surface area contributed by atoms with Gasteiger partial charge in [-0.1, -0.05) is 0 Å². The molecule has 1 fully saturated rings. The highest BCUT2D eigenvalue weighted by atomic mass is 16.2. The van der Waals surface area contributed by atoms with Gasteiger partial charge in [-0.25, -0.2) is 0 Å². The minimum absolute atomic E-state index is 0.0971. The third-order valence-corrected chi connectivity index (χ3v) is 3.36. The minimum atomic E-state index is -0.334. The van der Waals surface area contributed by atoms with Gasteiger partial charge >= 0.3 is 0 Å². The molecule has 0 aliphatic carbocycles. The second kappa shape index (κ2) is 4.72. The summed E-state index contributed by atoms with van der Waals surface area (Å²) in [5.74, 6) is -0.667. The number of carbonyl (C=O) groups is 2. The zero-order chi connectivity index (χ0) is 13.3. The molecular weight excluding hydrogens is 232 g/mol. The summed E-state index contributed by atoms with van der Waals surface area (Å²) in [5, 5.41) is 0. The summed E-state index contributed by atoms with van der Waals surface area (Å²) in [6.45, 7) is 1.06. The van der Waals surface area contributed by atoms with Gasteiger partial charge in [0, 0.05) is 26.3 Å². The Kier molecular flexibility index (Phi) is 3.27. The van der Waals surface area contributed by atoms with Gasteiger partial charge in [0.05, 0.1) is 11.6 Å². The molecule has 6 heteroatoms. The maximum absolute atomic E-state index is 12.3. The molecule has 1 atom stereocenters. The van der Waals surface area contributed by atoms with E-state index in [1.54, 1.807) is 28.8 Å². The van der Waals surface area contributed by atoms with Gasteiger partial charge in [0.2, 0.25) is 5.91 Å². The molecular formula is C12H18N4O2. The Morgan fingerprint density at radius 3 is 2.72 bits per heavy atom. The molecule has 2 heterocycles. The molecule has 0 bridgehead atoms. The van der Waals surface area contributed by atoms with Crippen LogP contribution >= 0.6 is 0 Å². The first kappa shape index (κ1) is 12.5. The number of nitrogen functional groups attached to an aromatic ring is 1. The number of nitrogens with two attached hydrogens (primary N) is 2. The number of aryl methyl sites for hydroxylation is 1. The average Bonchev–Trinajstić information content (AvgIpc) is 2.67. The Morgan fingerprint density at radius 1 is 1.44 bits per heavy atom. The SMILES string of the molecule is Cn1cc(N)cc1C(=O)N1CCCC(C(N)=O)C1. The highest BCUT2D eigenvalue weighted by molar-refractivity contribution is 5.94. The van der Waals surface area contributed by atoms with E-state index in [1.165, 1.54) is 0 Å². The van der Waals surface area contributed by atoms with Crippen LogP contribution in [0.4, 0.5) is 5.69 Å². The first-order chi connectivity index (χ1) is 8.49. The lowest BCUT2D eigenvalue weighted by molar-refractivity contribution is -0.123. The summed E-state index contributed by atoms with van der Waals surface area (Å²) < 4.78 is 1.70. The third-order valence-electron chi connectivity index (χ3n) is 3.36. The maximum Gasteiger partial charge on any atom is 0.270 e. The molecule has 1 aromatic heterocycles. The van der Waals surface area contributed by atoms with Crippen molar-refractivity contribution < 1.29 is 9.59 Å². The van der Waals surface area contributed by atoms with Crippen molar-refractivity contribution in [2.75, 3.05) is 18.8 Å². The number of nitrogens with zero attached hydrogens (tertiary/aromatic N) is 2. The maximum atomic E-state index is 12.3. The van der Waals surface area contributed by atoms with E-state index >= 15 is 0 Å². The number of carbonyl (C=O) groups excluding carboxylic acids is 2. The van der Waals surface area contributed by atoms with Crippen molar-refractivity contribution in [3.8, 4) is 0 Å². The fourth-order valence-electron chi connectivity index (χ4n) is 2.36. The third kappa shape index (κ3) is 2.32. The monoisotopic (exact) mass is 250 g/mol. The molecule has 1 unspecified atom stereocenters. The Morgan fingerprint density at radius 2 is 2.17 bits per heavy atom. The predicted octanol–water partition coefficient (Wildman–Crippen LogP) is -0.0552. The van der Waals surface area contributed by atoms with Crippen molar-refractivity contribution in [2.45, 2.75) is 12.8 Å². The molecule has 0 radical (unpaired) electrons. The summed E-state index contributed by atoms with van der Waals surface area (Å²) in [4.78, 5) is 25.2. The molecule has 1 aliphatic heterocycles. The van der Waals surface area contributed by atoms with Gasteiger partial charge in [-0.15, -0.1) is 0 Å².